The molecule has 20 heavy (non-hydrogen) atoms. The monoisotopic (exact) mass is 271 g/mol. The molecule has 3 rings (SSSR count). The molecule has 1 fully saturated rings. The molecular formula is C17H25N3. The Balaban J connectivity index is 1.68. The van der Waals surface area contributed by atoms with Crippen molar-refractivity contribution in [2.45, 2.75) is 57.9 Å². The summed E-state index contributed by atoms with van der Waals surface area (Å²) in [5.41, 5.74) is 9.81. The smallest absolute Gasteiger partial charge is 0.136 e. The highest BCUT2D eigenvalue weighted by Crippen LogP contribution is 2.29. The molecule has 1 atom stereocenters. The second-order valence-electron chi connectivity index (χ2n) is 6.31. The molecule has 0 radical (unpaired) electrons. The summed E-state index contributed by atoms with van der Waals surface area (Å²) in [5, 5.41) is 0. The lowest BCUT2D eigenvalue weighted by Gasteiger charge is -2.22. The van der Waals surface area contributed by atoms with Gasteiger partial charge in [-0.3, -0.25) is 0 Å². The molecule has 2 N–H and O–H groups in total. The molecule has 3 heteroatoms. The van der Waals surface area contributed by atoms with E-state index < -0.39 is 0 Å². The number of nitrogens with zero attached hydrogens (tertiary/aromatic N) is 2. The highest BCUT2D eigenvalue weighted by molar-refractivity contribution is 5.42. The van der Waals surface area contributed by atoms with Crippen LogP contribution in [-0.4, -0.2) is 9.38 Å². The van der Waals surface area contributed by atoms with Gasteiger partial charge in [-0.25, -0.2) is 4.98 Å². The van der Waals surface area contributed by atoms with Crippen LogP contribution in [0, 0.1) is 12.8 Å². The Labute approximate surface area is 121 Å². The van der Waals surface area contributed by atoms with Crippen molar-refractivity contribution >= 4 is 5.65 Å². The number of imidazole rings is 1. The van der Waals surface area contributed by atoms with Crippen molar-refractivity contribution in [3.63, 3.8) is 0 Å². The molecule has 1 aliphatic rings. The van der Waals surface area contributed by atoms with Gasteiger partial charge < -0.3 is 10.1 Å². The summed E-state index contributed by atoms with van der Waals surface area (Å²) in [6.45, 7) is 2.11. The fourth-order valence-corrected chi connectivity index (χ4v) is 3.42. The predicted molar refractivity (Wildman–Crippen MR) is 82.7 cm³/mol. The first-order valence-corrected chi connectivity index (χ1v) is 7.93. The van der Waals surface area contributed by atoms with E-state index in [2.05, 4.69) is 34.6 Å². The third kappa shape index (κ3) is 2.88. The van der Waals surface area contributed by atoms with Crippen molar-refractivity contribution in [3.8, 4) is 0 Å². The number of nitrogens with two attached hydrogens (primary N) is 1. The van der Waals surface area contributed by atoms with Crippen molar-refractivity contribution in [3.05, 3.63) is 35.8 Å². The molecule has 0 bridgehead atoms. The van der Waals surface area contributed by atoms with E-state index in [0.29, 0.717) is 0 Å². The lowest BCUT2D eigenvalue weighted by molar-refractivity contribution is 0.323. The Kier molecular flexibility index (Phi) is 4.06. The fraction of sp³-hybridized carbons (Fsp3) is 0.588. The lowest BCUT2D eigenvalue weighted by atomic mass is 9.85. The molecule has 0 aliphatic heterocycles. The van der Waals surface area contributed by atoms with Crippen molar-refractivity contribution in [2.24, 2.45) is 11.7 Å². The van der Waals surface area contributed by atoms with E-state index in [9.17, 15) is 0 Å². The number of aryl methyl sites for hydroxylation is 1. The minimum absolute atomic E-state index is 0.105. The van der Waals surface area contributed by atoms with Crippen LogP contribution >= 0.6 is 0 Å². The number of fused-ring (bicyclic) bond motifs is 1. The van der Waals surface area contributed by atoms with Gasteiger partial charge >= 0.3 is 0 Å². The Morgan fingerprint density at radius 3 is 2.90 bits per heavy atom. The average molecular weight is 271 g/mol. The van der Waals surface area contributed by atoms with Gasteiger partial charge in [0.25, 0.3) is 0 Å². The Bertz CT molecular complexity index is 567. The molecule has 0 spiro atoms. The molecule has 2 heterocycles. The third-order valence-corrected chi connectivity index (χ3v) is 4.67. The van der Waals surface area contributed by atoms with Gasteiger partial charge in [-0.15, -0.1) is 0 Å². The zero-order chi connectivity index (χ0) is 13.9. The SMILES string of the molecule is Cc1ccc2ncc(C(N)CCC3CCCCC3)n2c1. The second-order valence-corrected chi connectivity index (χ2v) is 6.31. The number of hydrogen-bond acceptors (Lipinski definition) is 2. The van der Waals surface area contributed by atoms with E-state index in [1.54, 1.807) is 0 Å². The minimum atomic E-state index is 0.105. The van der Waals surface area contributed by atoms with Crippen LogP contribution in [0.2, 0.25) is 0 Å². The molecule has 0 amide bonds. The van der Waals surface area contributed by atoms with Gasteiger partial charge in [0.05, 0.1) is 11.9 Å². The summed E-state index contributed by atoms with van der Waals surface area (Å²) < 4.78 is 2.15. The summed E-state index contributed by atoms with van der Waals surface area (Å²) in [4.78, 5) is 4.46. The summed E-state index contributed by atoms with van der Waals surface area (Å²) in [5.74, 6) is 0.899. The first-order chi connectivity index (χ1) is 9.74. The second kappa shape index (κ2) is 5.96. The molecule has 1 aliphatic carbocycles. The topological polar surface area (TPSA) is 43.3 Å². The number of rotatable bonds is 4. The third-order valence-electron chi connectivity index (χ3n) is 4.67. The first-order valence-electron chi connectivity index (χ1n) is 7.93. The van der Waals surface area contributed by atoms with Crippen LogP contribution in [0.5, 0.6) is 0 Å². The molecule has 108 valence electrons. The molecule has 1 unspecified atom stereocenters. The summed E-state index contributed by atoms with van der Waals surface area (Å²) >= 11 is 0. The average Bonchev–Trinajstić information content (AvgIpc) is 2.89. The molecule has 1 saturated carbocycles. The lowest BCUT2D eigenvalue weighted by Crippen LogP contribution is -2.15. The van der Waals surface area contributed by atoms with Crippen LogP contribution in [0.4, 0.5) is 0 Å². The van der Waals surface area contributed by atoms with Gasteiger partial charge in [0.1, 0.15) is 5.65 Å². The number of pyridine rings is 1. The first kappa shape index (κ1) is 13.6. The van der Waals surface area contributed by atoms with E-state index in [0.717, 1.165) is 23.7 Å². The molecular weight excluding hydrogens is 246 g/mol. The zero-order valence-electron chi connectivity index (χ0n) is 12.4. The van der Waals surface area contributed by atoms with Gasteiger partial charge in [-0.2, -0.15) is 0 Å². The maximum atomic E-state index is 6.41. The highest BCUT2D eigenvalue weighted by Gasteiger charge is 2.17. The number of aromatic nitrogens is 2. The van der Waals surface area contributed by atoms with Crippen molar-refractivity contribution in [2.75, 3.05) is 0 Å². The van der Waals surface area contributed by atoms with Crippen LogP contribution in [0.15, 0.2) is 24.5 Å². The molecule has 3 nitrogen and oxygen atoms in total. The van der Waals surface area contributed by atoms with Gasteiger partial charge in [-0.1, -0.05) is 38.2 Å². The van der Waals surface area contributed by atoms with Crippen LogP contribution in [0.25, 0.3) is 5.65 Å². The molecule has 0 aromatic carbocycles. The van der Waals surface area contributed by atoms with Crippen molar-refractivity contribution in [1.29, 1.82) is 0 Å². The maximum absolute atomic E-state index is 6.41. The Morgan fingerprint density at radius 1 is 1.30 bits per heavy atom. The van der Waals surface area contributed by atoms with E-state index in [4.69, 9.17) is 5.73 Å². The predicted octanol–water partition coefficient (Wildman–Crippen LogP) is 4.00. The zero-order valence-corrected chi connectivity index (χ0v) is 12.4. The Hall–Kier alpha value is -1.35. The quantitative estimate of drug-likeness (QED) is 0.913. The highest BCUT2D eigenvalue weighted by atomic mass is 15.0. The van der Waals surface area contributed by atoms with Crippen LogP contribution in [0.3, 0.4) is 0 Å². The van der Waals surface area contributed by atoms with E-state index in [-0.39, 0.29) is 6.04 Å². The normalized spacial score (nSPS) is 18.5. The molecule has 2 aromatic rings. The standard InChI is InChI=1S/C17H25N3/c1-13-7-10-17-19-11-16(20(17)12-13)15(18)9-8-14-5-3-2-4-6-14/h7,10-12,14-15H,2-6,8-9,18H2,1H3. The summed E-state index contributed by atoms with van der Waals surface area (Å²) in [6.07, 6.45) is 13.5. The molecule has 2 aromatic heterocycles. The van der Waals surface area contributed by atoms with Gasteiger partial charge in [0.2, 0.25) is 0 Å². The van der Waals surface area contributed by atoms with E-state index in [1.807, 2.05) is 6.20 Å². The van der Waals surface area contributed by atoms with Crippen molar-refractivity contribution < 1.29 is 0 Å². The van der Waals surface area contributed by atoms with Crippen LogP contribution < -0.4 is 5.73 Å². The van der Waals surface area contributed by atoms with E-state index in [1.165, 1.54) is 44.1 Å². The summed E-state index contributed by atoms with van der Waals surface area (Å²) in [7, 11) is 0. The number of hydrogen-bond donors (Lipinski definition) is 1. The molecule has 0 saturated heterocycles. The van der Waals surface area contributed by atoms with Gasteiger partial charge in [0, 0.05) is 12.2 Å². The maximum Gasteiger partial charge on any atom is 0.136 e. The van der Waals surface area contributed by atoms with Gasteiger partial charge in [-0.05, 0) is 37.3 Å². The summed E-state index contributed by atoms with van der Waals surface area (Å²) in [6, 6.07) is 4.26. The fourth-order valence-electron chi connectivity index (χ4n) is 3.42. The van der Waals surface area contributed by atoms with Crippen molar-refractivity contribution in [1.82, 2.24) is 9.38 Å². The van der Waals surface area contributed by atoms with Crippen LogP contribution in [-0.2, 0) is 0 Å². The largest absolute Gasteiger partial charge is 0.323 e. The Morgan fingerprint density at radius 2 is 2.10 bits per heavy atom. The van der Waals surface area contributed by atoms with Gasteiger partial charge in [0.15, 0.2) is 0 Å². The van der Waals surface area contributed by atoms with E-state index >= 15 is 0 Å². The van der Waals surface area contributed by atoms with Crippen LogP contribution in [0.1, 0.15) is 62.2 Å². The minimum Gasteiger partial charge on any atom is -0.323 e.